The van der Waals surface area contributed by atoms with E-state index in [1.807, 2.05) is 0 Å². The molecule has 0 bridgehead atoms. The van der Waals surface area contributed by atoms with Crippen LogP contribution in [0.3, 0.4) is 0 Å². The predicted octanol–water partition coefficient (Wildman–Crippen LogP) is 2.48. The minimum atomic E-state index is -3.75. The van der Waals surface area contributed by atoms with Gasteiger partial charge in [0.05, 0.1) is 11.4 Å². The van der Waals surface area contributed by atoms with E-state index in [1.54, 1.807) is 30.3 Å². The van der Waals surface area contributed by atoms with E-state index in [-0.39, 0.29) is 11.4 Å². The van der Waals surface area contributed by atoms with Gasteiger partial charge >= 0.3 is 0 Å². The molecule has 0 radical (unpaired) electrons. The Morgan fingerprint density at radius 3 is 2.46 bits per heavy atom. The molecule has 0 atom stereocenters. The van der Waals surface area contributed by atoms with Crippen molar-refractivity contribution in [3.8, 4) is 11.5 Å². The first kappa shape index (κ1) is 18.7. The summed E-state index contributed by atoms with van der Waals surface area (Å²) in [6, 6.07) is 11.3. The maximum atomic E-state index is 12.5. The van der Waals surface area contributed by atoms with E-state index in [2.05, 4.69) is 21.2 Å². The molecule has 7 nitrogen and oxygen atoms in total. The number of rotatable bonds is 5. The fourth-order valence-corrected chi connectivity index (χ4v) is 3.79. The van der Waals surface area contributed by atoms with Crippen molar-refractivity contribution in [1.29, 1.82) is 0 Å². The number of amides is 1. The van der Waals surface area contributed by atoms with E-state index in [0.717, 1.165) is 8.78 Å². The zero-order valence-electron chi connectivity index (χ0n) is 13.9. The Morgan fingerprint density at radius 2 is 1.77 bits per heavy atom. The molecule has 0 saturated heterocycles. The molecule has 0 saturated carbocycles. The summed E-state index contributed by atoms with van der Waals surface area (Å²) in [5.74, 6) is 0.707. The number of likely N-dealkylation sites (N-methyl/N-ethyl adjacent to an activating group) is 1. The lowest BCUT2D eigenvalue weighted by Gasteiger charge is -2.20. The van der Waals surface area contributed by atoms with Gasteiger partial charge in [-0.05, 0) is 36.4 Å². The maximum Gasteiger partial charge on any atom is 0.243 e. The minimum absolute atomic E-state index is 0.121. The molecule has 0 unspecified atom stereocenters. The molecule has 2 aromatic rings. The van der Waals surface area contributed by atoms with Crippen LogP contribution in [0.1, 0.15) is 0 Å². The van der Waals surface area contributed by atoms with E-state index in [0.29, 0.717) is 30.4 Å². The fraction of sp³-hybridized carbons (Fsp3) is 0.235. The van der Waals surface area contributed by atoms with Gasteiger partial charge in [-0.2, -0.15) is 4.31 Å². The van der Waals surface area contributed by atoms with Crippen molar-refractivity contribution in [1.82, 2.24) is 4.31 Å². The van der Waals surface area contributed by atoms with E-state index >= 15 is 0 Å². The van der Waals surface area contributed by atoms with Crippen molar-refractivity contribution in [3.63, 3.8) is 0 Å². The van der Waals surface area contributed by atoms with Crippen LogP contribution < -0.4 is 14.8 Å². The number of sulfonamides is 1. The number of hydrogen-bond donors (Lipinski definition) is 1. The van der Waals surface area contributed by atoms with Gasteiger partial charge in [-0.3, -0.25) is 4.79 Å². The van der Waals surface area contributed by atoms with Gasteiger partial charge in [0.15, 0.2) is 11.5 Å². The highest BCUT2D eigenvalue weighted by atomic mass is 79.9. The molecule has 0 aromatic heterocycles. The second-order valence-electron chi connectivity index (χ2n) is 5.62. The lowest BCUT2D eigenvalue weighted by molar-refractivity contribution is -0.116. The molecule has 0 spiro atoms. The molecule has 3 rings (SSSR count). The van der Waals surface area contributed by atoms with Crippen LogP contribution in [-0.4, -0.2) is 45.4 Å². The van der Waals surface area contributed by atoms with Crippen molar-refractivity contribution in [3.05, 3.63) is 46.9 Å². The van der Waals surface area contributed by atoms with E-state index < -0.39 is 15.9 Å². The first-order valence-electron chi connectivity index (χ1n) is 7.78. The Bertz CT molecular complexity index is 915. The minimum Gasteiger partial charge on any atom is -0.486 e. The van der Waals surface area contributed by atoms with Crippen molar-refractivity contribution >= 4 is 37.5 Å². The lowest BCUT2D eigenvalue weighted by Crippen LogP contribution is -2.35. The lowest BCUT2D eigenvalue weighted by atomic mass is 10.2. The standard InChI is InChI=1S/C17H17BrN2O5S/c1-20(26(22,23)14-5-2-12(18)3-6-14)11-17(21)19-13-4-7-15-16(10-13)25-9-8-24-15/h2-7,10H,8-9,11H2,1H3,(H,19,21). The summed E-state index contributed by atoms with van der Waals surface area (Å²) >= 11 is 3.26. The van der Waals surface area contributed by atoms with Gasteiger partial charge in [0, 0.05) is 23.3 Å². The molecule has 9 heteroatoms. The van der Waals surface area contributed by atoms with Crippen molar-refractivity contribution in [2.24, 2.45) is 0 Å². The molecule has 1 aliphatic rings. The molecule has 0 aliphatic carbocycles. The number of carbonyl (C=O) groups excluding carboxylic acids is 1. The van der Waals surface area contributed by atoms with Gasteiger partial charge in [-0.15, -0.1) is 0 Å². The maximum absolute atomic E-state index is 12.5. The highest BCUT2D eigenvalue weighted by molar-refractivity contribution is 9.10. The van der Waals surface area contributed by atoms with Gasteiger partial charge in [0.25, 0.3) is 0 Å². The van der Waals surface area contributed by atoms with Crippen molar-refractivity contribution in [2.45, 2.75) is 4.90 Å². The van der Waals surface area contributed by atoms with Crippen LogP contribution in [0.15, 0.2) is 51.8 Å². The van der Waals surface area contributed by atoms with E-state index in [4.69, 9.17) is 9.47 Å². The zero-order chi connectivity index (χ0) is 18.7. The molecule has 1 amide bonds. The molecule has 0 fully saturated rings. The number of ether oxygens (including phenoxy) is 2. The molecule has 138 valence electrons. The van der Waals surface area contributed by atoms with Crippen molar-refractivity contribution in [2.75, 3.05) is 32.1 Å². The van der Waals surface area contributed by atoms with Gasteiger partial charge in [-0.25, -0.2) is 8.42 Å². The van der Waals surface area contributed by atoms with Gasteiger partial charge in [-0.1, -0.05) is 15.9 Å². The van der Waals surface area contributed by atoms with Gasteiger partial charge in [0.2, 0.25) is 15.9 Å². The Balaban J connectivity index is 1.66. The second-order valence-corrected chi connectivity index (χ2v) is 8.58. The number of anilines is 1. The number of fused-ring (bicyclic) bond motifs is 1. The van der Waals surface area contributed by atoms with Crippen LogP contribution in [0.5, 0.6) is 11.5 Å². The van der Waals surface area contributed by atoms with E-state index in [9.17, 15) is 13.2 Å². The Morgan fingerprint density at radius 1 is 1.12 bits per heavy atom. The third-order valence-corrected chi connectivity index (χ3v) is 6.06. The highest BCUT2D eigenvalue weighted by Crippen LogP contribution is 2.32. The molecular formula is C17H17BrN2O5S. The largest absolute Gasteiger partial charge is 0.486 e. The Labute approximate surface area is 160 Å². The van der Waals surface area contributed by atoms with Crippen LogP contribution in [0.2, 0.25) is 0 Å². The molecule has 2 aromatic carbocycles. The monoisotopic (exact) mass is 440 g/mol. The van der Waals surface area contributed by atoms with Gasteiger partial charge < -0.3 is 14.8 Å². The number of halogens is 1. The summed E-state index contributed by atoms with van der Waals surface area (Å²) in [6.45, 7) is 0.614. The predicted molar refractivity (Wildman–Crippen MR) is 100 cm³/mol. The summed E-state index contributed by atoms with van der Waals surface area (Å²) < 4.78 is 37.7. The summed E-state index contributed by atoms with van der Waals surface area (Å²) in [4.78, 5) is 12.3. The quantitative estimate of drug-likeness (QED) is 0.771. The number of carbonyl (C=O) groups is 1. The molecular weight excluding hydrogens is 424 g/mol. The summed E-state index contributed by atoms with van der Waals surface area (Å²) in [6.07, 6.45) is 0. The SMILES string of the molecule is CN(CC(=O)Nc1ccc2c(c1)OCCO2)S(=O)(=O)c1ccc(Br)cc1. The van der Waals surface area contributed by atoms with Crippen LogP contribution in [0.25, 0.3) is 0 Å². The average Bonchev–Trinajstić information content (AvgIpc) is 2.61. The summed E-state index contributed by atoms with van der Waals surface area (Å²) in [7, 11) is -2.39. The van der Waals surface area contributed by atoms with Crippen LogP contribution >= 0.6 is 15.9 Å². The normalized spacial score (nSPS) is 13.5. The first-order valence-corrected chi connectivity index (χ1v) is 10.0. The first-order chi connectivity index (χ1) is 12.4. The zero-order valence-corrected chi connectivity index (χ0v) is 16.3. The molecule has 1 heterocycles. The van der Waals surface area contributed by atoms with Crippen LogP contribution in [0.4, 0.5) is 5.69 Å². The average molecular weight is 441 g/mol. The topological polar surface area (TPSA) is 84.9 Å². The van der Waals surface area contributed by atoms with Crippen LogP contribution in [0, 0.1) is 0 Å². The fourth-order valence-electron chi connectivity index (χ4n) is 2.40. The Hall–Kier alpha value is -2.10. The van der Waals surface area contributed by atoms with Gasteiger partial charge in [0.1, 0.15) is 13.2 Å². The third-order valence-electron chi connectivity index (χ3n) is 3.71. The number of nitrogens with one attached hydrogen (secondary N) is 1. The number of hydrogen-bond acceptors (Lipinski definition) is 5. The molecule has 1 N–H and O–H groups in total. The molecule has 26 heavy (non-hydrogen) atoms. The summed E-state index contributed by atoms with van der Waals surface area (Å²) in [5, 5.41) is 2.67. The number of benzene rings is 2. The second kappa shape index (κ2) is 7.65. The smallest absolute Gasteiger partial charge is 0.243 e. The molecule has 1 aliphatic heterocycles. The summed E-state index contributed by atoms with van der Waals surface area (Å²) in [5.41, 5.74) is 0.508. The highest BCUT2D eigenvalue weighted by Gasteiger charge is 2.23. The van der Waals surface area contributed by atoms with Crippen LogP contribution in [-0.2, 0) is 14.8 Å². The number of nitrogens with zero attached hydrogens (tertiary/aromatic N) is 1. The van der Waals surface area contributed by atoms with E-state index in [1.165, 1.54) is 19.2 Å². The Kier molecular flexibility index (Phi) is 5.49. The third kappa shape index (κ3) is 4.17. The van der Waals surface area contributed by atoms with Crippen molar-refractivity contribution < 1.29 is 22.7 Å².